The normalized spacial score (nSPS) is 13.9. The van der Waals surface area contributed by atoms with Gasteiger partial charge in [0.1, 0.15) is 5.84 Å². The SMILES string of the molecule is C[C@@H](N=C(N[C@H](C)c1ccccc1)c1c2ccc(c1-c1ccccc1)C#Cc1ccc(cc1)C(=O)OCCCC=CCCCOC(=O)c1ccc(cc1)C#Cc1ccc(cc1)-c1cccc(c1C(=O)O)-c1ccc(cc1)C#Cc1ccc(cc1)C(=O)OCCCC=CCCCOC(=O)c1ccc(cc1)C#Cc1ccc-2cc1)c1ccccc1. The predicted molar refractivity (Wildman–Crippen MR) is 467 cm³/mol. The number of rotatable bonds is 7. The standard InChI is InChI=1S/C106H86N2O10/c1-75(84-25-14-11-15-26-84)107-101(108-76(2)85-27-16-12-17-28-85)100-97-70-69-90(98(100)89-29-18-13-19-30-89)60-45-83-52-67-94(68-53-83)106(114)118-74-23-10-6-5-9-22-72-116-104(112)92-63-48-81(49-64-92)37-34-78-41-56-87(57-42-78)96-32-24-31-95(99(96)102(109)110)86-54-39-77(40-55-86)33-36-80-46-61-91(62-47-80)103(111)115-71-20-7-3-4-8-21-73-117-105(113)93-65-50-82(51-66-93)38-35-79-43-58-88(97)59-44-79/h3-6,11-19,24-32,39-44,46-59,61-70,75-76H,7-10,20-23,71-74H2,1-2H3,(H,107,108)(H,109,110)/t75-,76-/m1/s1. The molecule has 0 unspecified atom stereocenters. The second-order valence-corrected chi connectivity index (χ2v) is 28.2. The number of nitrogens with zero attached hydrogens (tertiary/aromatic N) is 1. The number of aromatic carboxylic acids is 1. The Labute approximate surface area is 690 Å². The van der Waals surface area contributed by atoms with Crippen LogP contribution in [0.5, 0.6) is 0 Å². The summed E-state index contributed by atoms with van der Waals surface area (Å²) in [6.07, 6.45) is 13.6. The van der Waals surface area contributed by atoms with E-state index in [1.54, 1.807) is 84.9 Å². The molecule has 12 nitrogen and oxygen atoms in total. The Morgan fingerprint density at radius 1 is 0.322 bits per heavy atom. The molecular formula is C106H86N2O10. The zero-order valence-electron chi connectivity index (χ0n) is 65.7. The Balaban J connectivity index is 0.703. The summed E-state index contributed by atoms with van der Waals surface area (Å²) >= 11 is 0. The van der Waals surface area contributed by atoms with E-state index in [9.17, 15) is 29.1 Å². The minimum absolute atomic E-state index is 0.156. The maximum absolute atomic E-state index is 13.4. The summed E-state index contributed by atoms with van der Waals surface area (Å²) in [7, 11) is 0. The summed E-state index contributed by atoms with van der Waals surface area (Å²) in [5, 5.41) is 14.5. The number of carboxylic acids is 1. The van der Waals surface area contributed by atoms with E-state index < -0.39 is 29.8 Å². The maximum atomic E-state index is 13.4. The van der Waals surface area contributed by atoms with E-state index in [1.165, 1.54) is 0 Å². The molecule has 12 heteroatoms. The molecule has 12 aromatic rings. The molecule has 12 aromatic carbocycles. The van der Waals surface area contributed by atoms with Crippen molar-refractivity contribution in [2.75, 3.05) is 26.4 Å². The Morgan fingerprint density at radius 2 is 0.619 bits per heavy atom. The van der Waals surface area contributed by atoms with Gasteiger partial charge in [-0.1, -0.05) is 223 Å². The highest BCUT2D eigenvalue weighted by Crippen LogP contribution is 2.38. The quantitative estimate of drug-likeness (QED) is 0.0389. The molecule has 2 atom stereocenters. The van der Waals surface area contributed by atoms with Crippen LogP contribution in [0.4, 0.5) is 0 Å². The van der Waals surface area contributed by atoms with E-state index in [1.807, 2.05) is 170 Å². The molecule has 118 heavy (non-hydrogen) atoms. The van der Waals surface area contributed by atoms with Crippen LogP contribution in [0.25, 0.3) is 44.5 Å². The first kappa shape index (κ1) is 81.2. The van der Waals surface area contributed by atoms with Gasteiger partial charge in [0.15, 0.2) is 0 Å². The van der Waals surface area contributed by atoms with Gasteiger partial charge in [0.05, 0.1) is 60.3 Å². The number of hydrogen-bond donors (Lipinski definition) is 2. The second-order valence-electron chi connectivity index (χ2n) is 28.2. The van der Waals surface area contributed by atoms with Gasteiger partial charge in [-0.15, -0.1) is 0 Å². The molecule has 18 bridgehead atoms. The number of ether oxygens (including phenoxy) is 4. The van der Waals surface area contributed by atoms with Gasteiger partial charge >= 0.3 is 29.8 Å². The molecular weight excluding hydrogens is 1460 g/mol. The first-order valence-electron chi connectivity index (χ1n) is 39.7. The van der Waals surface area contributed by atoms with Gasteiger partial charge in [0.25, 0.3) is 0 Å². The van der Waals surface area contributed by atoms with Crippen molar-refractivity contribution in [2.45, 2.75) is 77.3 Å². The topological polar surface area (TPSA) is 167 Å². The molecule has 0 aliphatic carbocycles. The molecule has 2 N–H and O–H groups in total. The van der Waals surface area contributed by atoms with Crippen LogP contribution >= 0.6 is 0 Å². The van der Waals surface area contributed by atoms with E-state index in [0.717, 1.165) is 77.9 Å². The van der Waals surface area contributed by atoms with Crippen molar-refractivity contribution in [3.63, 3.8) is 0 Å². The first-order chi connectivity index (χ1) is 57.8. The lowest BCUT2D eigenvalue weighted by Crippen LogP contribution is -2.29. The zero-order chi connectivity index (χ0) is 81.6. The van der Waals surface area contributed by atoms with Crippen molar-refractivity contribution < 1.29 is 48.0 Å². The van der Waals surface area contributed by atoms with Gasteiger partial charge in [-0.05, 0) is 255 Å². The summed E-state index contributed by atoms with van der Waals surface area (Å²) in [4.78, 5) is 70.9. The van der Waals surface area contributed by atoms with Crippen molar-refractivity contribution in [3.05, 3.63) is 405 Å². The fraction of sp³-hybridized carbons (Fsp3) is 0.151. The highest BCUT2D eigenvalue weighted by molar-refractivity contribution is 6.11. The van der Waals surface area contributed by atoms with Gasteiger partial charge in [0, 0.05) is 61.7 Å². The number of esters is 4. The molecule has 0 saturated heterocycles. The van der Waals surface area contributed by atoms with E-state index in [-0.39, 0.29) is 44.1 Å². The minimum atomic E-state index is -1.06. The molecule has 0 aromatic heterocycles. The number of allylic oxidation sites excluding steroid dienone is 4. The van der Waals surface area contributed by atoms with Crippen LogP contribution in [0.2, 0.25) is 0 Å². The van der Waals surface area contributed by atoms with Crippen molar-refractivity contribution in [1.29, 1.82) is 0 Å². The van der Waals surface area contributed by atoms with Crippen molar-refractivity contribution in [2.24, 2.45) is 4.99 Å². The first-order valence-corrected chi connectivity index (χ1v) is 39.7. The number of carbonyl (C=O) groups is 5. The Morgan fingerprint density at radius 3 is 0.949 bits per heavy atom. The van der Waals surface area contributed by atoms with E-state index in [2.05, 4.69) is 127 Å². The molecule has 0 radical (unpaired) electrons. The number of carbonyl (C=O) groups excluding carboxylic acids is 4. The van der Waals surface area contributed by atoms with Gasteiger partial charge in [-0.3, -0.25) is 4.99 Å². The molecule has 18 heterocycles. The molecule has 18 aliphatic heterocycles. The third kappa shape index (κ3) is 22.6. The van der Waals surface area contributed by atoms with Crippen molar-refractivity contribution in [3.8, 4) is 91.9 Å². The highest BCUT2D eigenvalue weighted by atomic mass is 16.5. The average Bonchev–Trinajstić information content (AvgIpc) is 0.761. The Hall–Kier alpha value is -14.8. The largest absolute Gasteiger partial charge is 0.478 e. The molecule has 0 amide bonds. The van der Waals surface area contributed by atoms with E-state index in [4.69, 9.17) is 23.9 Å². The monoisotopic (exact) mass is 1550 g/mol. The minimum Gasteiger partial charge on any atom is -0.478 e. The highest BCUT2D eigenvalue weighted by Gasteiger charge is 2.25. The molecule has 18 aliphatic rings. The van der Waals surface area contributed by atoms with Gasteiger partial charge in [-0.2, -0.15) is 0 Å². The van der Waals surface area contributed by atoms with Crippen molar-refractivity contribution in [1.82, 2.24) is 5.32 Å². The predicted octanol–water partition coefficient (Wildman–Crippen LogP) is 22.1. The summed E-state index contributed by atoms with van der Waals surface area (Å²) in [5.41, 5.74) is 17.0. The van der Waals surface area contributed by atoms with E-state index >= 15 is 0 Å². The van der Waals surface area contributed by atoms with Gasteiger partial charge < -0.3 is 29.4 Å². The average molecular weight is 1550 g/mol. The molecule has 30 rings (SSSR count). The van der Waals surface area contributed by atoms with Crippen LogP contribution in [-0.2, 0) is 18.9 Å². The van der Waals surface area contributed by atoms with Crippen LogP contribution in [0.15, 0.2) is 320 Å². The summed E-state index contributed by atoms with van der Waals surface area (Å²) in [6, 6.07) is 91.2. The lowest BCUT2D eigenvalue weighted by atomic mass is 9.86. The van der Waals surface area contributed by atoms with Crippen LogP contribution in [0.3, 0.4) is 0 Å². The summed E-state index contributed by atoms with van der Waals surface area (Å²) < 4.78 is 22.5. The fourth-order valence-corrected chi connectivity index (χ4v) is 13.4. The number of amidine groups is 1. The smallest absolute Gasteiger partial charge is 0.338 e. The molecule has 0 fully saturated rings. The van der Waals surface area contributed by atoms with Crippen LogP contribution < -0.4 is 5.32 Å². The number of benzene rings is 12. The number of carboxylic acid groups (broad SMARTS) is 1. The Bertz CT molecular complexity index is 5890. The second kappa shape index (κ2) is 41.3. The van der Waals surface area contributed by atoms with Crippen LogP contribution in [0.1, 0.15) is 190 Å². The van der Waals surface area contributed by atoms with Gasteiger partial charge in [0.2, 0.25) is 0 Å². The number of aliphatic imine (C=N–C) groups is 1. The third-order valence-electron chi connectivity index (χ3n) is 19.8. The molecule has 0 spiro atoms. The van der Waals surface area contributed by atoms with Crippen molar-refractivity contribution >= 4 is 35.7 Å². The molecule has 580 valence electrons. The lowest BCUT2D eigenvalue weighted by molar-refractivity contribution is 0.0491. The molecule has 0 saturated carbocycles. The summed E-state index contributed by atoms with van der Waals surface area (Å²) in [6.45, 7) is 5.26. The maximum Gasteiger partial charge on any atom is 0.338 e. The van der Waals surface area contributed by atoms with E-state index in [0.29, 0.717) is 107 Å². The summed E-state index contributed by atoms with van der Waals surface area (Å²) in [5.74, 6) is 24.2. The fourth-order valence-electron chi connectivity index (χ4n) is 13.4. The number of nitrogens with one attached hydrogen (secondary N) is 1. The number of hydrogen-bond acceptors (Lipinski definition) is 10. The zero-order valence-corrected chi connectivity index (χ0v) is 65.7. The van der Waals surface area contributed by atoms with Crippen LogP contribution in [-0.4, -0.2) is 67.2 Å². The van der Waals surface area contributed by atoms with Gasteiger partial charge in [-0.25, -0.2) is 24.0 Å². The third-order valence-corrected chi connectivity index (χ3v) is 19.8. The lowest BCUT2D eigenvalue weighted by Gasteiger charge is -2.25. The van der Waals surface area contributed by atoms with Crippen LogP contribution in [0, 0.1) is 47.4 Å². The Kier molecular flexibility index (Phi) is 28.4.